The molecule has 1 N–H and O–H groups in total. The highest BCUT2D eigenvalue weighted by Crippen LogP contribution is 2.26. The Bertz CT molecular complexity index is 1000. The number of aryl methyl sites for hydroxylation is 1. The first-order valence-corrected chi connectivity index (χ1v) is 10.4. The molecular formula is C23H28N4O2. The van der Waals surface area contributed by atoms with Gasteiger partial charge >= 0.3 is 0 Å². The molecule has 152 valence electrons. The molecule has 1 aromatic carbocycles. The lowest BCUT2D eigenvalue weighted by Crippen LogP contribution is -2.27. The van der Waals surface area contributed by atoms with Crippen LogP contribution in [0.5, 0.6) is 0 Å². The fraction of sp³-hybridized carbons (Fsp3) is 0.435. The molecule has 6 nitrogen and oxygen atoms in total. The van der Waals surface area contributed by atoms with Crippen LogP contribution in [0, 0.1) is 6.92 Å². The number of fused-ring (bicyclic) bond motifs is 1. The number of hydrogen-bond donors (Lipinski definition) is 1. The normalized spacial score (nSPS) is 16.6. The maximum Gasteiger partial charge on any atom is 0.252 e. The van der Waals surface area contributed by atoms with E-state index in [4.69, 9.17) is 9.72 Å². The van der Waals surface area contributed by atoms with Crippen molar-refractivity contribution in [1.29, 1.82) is 0 Å². The van der Waals surface area contributed by atoms with E-state index in [1.807, 2.05) is 22.9 Å². The monoisotopic (exact) mass is 392 g/mol. The average Bonchev–Trinajstić information content (AvgIpc) is 3.37. The molecule has 1 atom stereocenters. The van der Waals surface area contributed by atoms with Crippen molar-refractivity contribution in [1.82, 2.24) is 20.1 Å². The van der Waals surface area contributed by atoms with Crippen LogP contribution in [-0.4, -0.2) is 39.9 Å². The topological polar surface area (TPSA) is 69.0 Å². The molecule has 6 heteroatoms. The van der Waals surface area contributed by atoms with Crippen LogP contribution in [0.3, 0.4) is 0 Å². The molecule has 2 aromatic heterocycles. The first kappa shape index (κ1) is 19.6. The Morgan fingerprint density at radius 2 is 2.10 bits per heavy atom. The van der Waals surface area contributed by atoms with Gasteiger partial charge in [0.1, 0.15) is 0 Å². The summed E-state index contributed by atoms with van der Waals surface area (Å²) in [5.41, 5.74) is 4.31. The zero-order chi connectivity index (χ0) is 20.4. The van der Waals surface area contributed by atoms with E-state index in [2.05, 4.69) is 43.3 Å². The van der Waals surface area contributed by atoms with Crippen LogP contribution in [0.2, 0.25) is 0 Å². The van der Waals surface area contributed by atoms with E-state index >= 15 is 0 Å². The molecule has 1 saturated heterocycles. The summed E-state index contributed by atoms with van der Waals surface area (Å²) in [4.78, 5) is 17.9. The number of pyridine rings is 1. The SMILES string of the molecule is Cc1ccc(-c2cc(C(=O)NCC[C@@H]3CCCO3)c3cnn(C(C)C)c3n2)cc1. The predicted molar refractivity (Wildman–Crippen MR) is 114 cm³/mol. The van der Waals surface area contributed by atoms with Gasteiger partial charge in [-0.2, -0.15) is 5.10 Å². The molecule has 1 aliphatic rings. The summed E-state index contributed by atoms with van der Waals surface area (Å²) in [6.45, 7) is 7.62. The second-order valence-electron chi connectivity index (χ2n) is 8.02. The fourth-order valence-electron chi connectivity index (χ4n) is 3.77. The molecule has 0 unspecified atom stereocenters. The zero-order valence-corrected chi connectivity index (χ0v) is 17.3. The summed E-state index contributed by atoms with van der Waals surface area (Å²) in [6, 6.07) is 10.2. The third kappa shape index (κ3) is 4.17. The minimum absolute atomic E-state index is 0.0907. The highest BCUT2D eigenvalue weighted by atomic mass is 16.5. The third-order valence-electron chi connectivity index (χ3n) is 5.42. The van der Waals surface area contributed by atoms with Crippen LogP contribution in [0.1, 0.15) is 55.1 Å². The van der Waals surface area contributed by atoms with Crippen molar-refractivity contribution in [2.45, 2.75) is 52.2 Å². The Kier molecular flexibility index (Phi) is 5.62. The number of aromatic nitrogens is 3. The van der Waals surface area contributed by atoms with E-state index in [1.54, 1.807) is 6.20 Å². The average molecular weight is 393 g/mol. The van der Waals surface area contributed by atoms with Crippen molar-refractivity contribution < 1.29 is 9.53 Å². The maximum absolute atomic E-state index is 13.0. The fourth-order valence-corrected chi connectivity index (χ4v) is 3.77. The molecule has 1 aliphatic heterocycles. The summed E-state index contributed by atoms with van der Waals surface area (Å²) in [5.74, 6) is -0.0907. The summed E-state index contributed by atoms with van der Waals surface area (Å²) in [5, 5.41) is 8.33. The number of nitrogens with zero attached hydrogens (tertiary/aromatic N) is 3. The molecule has 3 aromatic rings. The van der Waals surface area contributed by atoms with Gasteiger partial charge in [0.15, 0.2) is 5.65 Å². The number of nitrogens with one attached hydrogen (secondary N) is 1. The second-order valence-corrected chi connectivity index (χ2v) is 8.02. The Labute approximate surface area is 171 Å². The Balaban J connectivity index is 1.67. The highest BCUT2D eigenvalue weighted by molar-refractivity contribution is 6.06. The highest BCUT2D eigenvalue weighted by Gasteiger charge is 2.20. The summed E-state index contributed by atoms with van der Waals surface area (Å²) in [6.07, 6.45) is 5.04. The van der Waals surface area contributed by atoms with Gasteiger partial charge in [-0.25, -0.2) is 9.67 Å². The molecule has 4 rings (SSSR count). The van der Waals surface area contributed by atoms with Crippen LogP contribution in [0.15, 0.2) is 36.5 Å². The lowest BCUT2D eigenvalue weighted by Gasteiger charge is -2.12. The number of carbonyl (C=O) groups is 1. The number of hydrogen-bond acceptors (Lipinski definition) is 4. The smallest absolute Gasteiger partial charge is 0.252 e. The maximum atomic E-state index is 13.0. The number of amides is 1. The van der Waals surface area contributed by atoms with Crippen LogP contribution >= 0.6 is 0 Å². The van der Waals surface area contributed by atoms with Crippen molar-refractivity contribution in [2.75, 3.05) is 13.2 Å². The first-order valence-electron chi connectivity index (χ1n) is 10.4. The quantitative estimate of drug-likeness (QED) is 0.680. The van der Waals surface area contributed by atoms with Crippen molar-refractivity contribution in [3.8, 4) is 11.3 Å². The van der Waals surface area contributed by atoms with E-state index in [1.165, 1.54) is 5.56 Å². The van der Waals surface area contributed by atoms with Crippen LogP contribution in [0.4, 0.5) is 0 Å². The predicted octanol–water partition coefficient (Wildman–Crippen LogP) is 4.29. The van der Waals surface area contributed by atoms with Gasteiger partial charge in [0, 0.05) is 24.8 Å². The van der Waals surface area contributed by atoms with Crippen LogP contribution in [0.25, 0.3) is 22.3 Å². The van der Waals surface area contributed by atoms with Crippen molar-refractivity contribution in [3.05, 3.63) is 47.7 Å². The molecule has 0 saturated carbocycles. The zero-order valence-electron chi connectivity index (χ0n) is 17.3. The standard InChI is InChI=1S/C23H28N4O2/c1-15(2)27-22-20(14-25-27)19(23(28)24-11-10-18-5-4-12-29-18)13-21(26-22)17-8-6-16(3)7-9-17/h6-9,13-15,18H,4-5,10-12H2,1-3H3,(H,24,28)/t18-/m0/s1. The lowest BCUT2D eigenvalue weighted by molar-refractivity contribution is 0.0908. The Hall–Kier alpha value is -2.73. The van der Waals surface area contributed by atoms with Crippen molar-refractivity contribution in [2.24, 2.45) is 0 Å². The Morgan fingerprint density at radius 1 is 1.31 bits per heavy atom. The minimum Gasteiger partial charge on any atom is -0.378 e. The van der Waals surface area contributed by atoms with Crippen molar-refractivity contribution >= 4 is 16.9 Å². The molecule has 0 radical (unpaired) electrons. The van der Waals surface area contributed by atoms with Gasteiger partial charge in [-0.15, -0.1) is 0 Å². The number of ether oxygens (including phenoxy) is 1. The van der Waals surface area contributed by atoms with E-state index in [9.17, 15) is 4.79 Å². The van der Waals surface area contributed by atoms with E-state index in [-0.39, 0.29) is 18.1 Å². The van der Waals surface area contributed by atoms with Gasteiger partial charge in [0.25, 0.3) is 5.91 Å². The minimum atomic E-state index is -0.0907. The van der Waals surface area contributed by atoms with Gasteiger partial charge in [-0.3, -0.25) is 4.79 Å². The Morgan fingerprint density at radius 3 is 2.79 bits per heavy atom. The van der Waals surface area contributed by atoms with E-state index in [0.29, 0.717) is 12.1 Å². The van der Waals surface area contributed by atoms with Gasteiger partial charge in [-0.1, -0.05) is 29.8 Å². The summed E-state index contributed by atoms with van der Waals surface area (Å²) in [7, 11) is 0. The molecule has 0 bridgehead atoms. The van der Waals surface area contributed by atoms with E-state index in [0.717, 1.165) is 48.2 Å². The summed E-state index contributed by atoms with van der Waals surface area (Å²) >= 11 is 0. The molecule has 1 fully saturated rings. The molecule has 29 heavy (non-hydrogen) atoms. The molecule has 3 heterocycles. The lowest BCUT2D eigenvalue weighted by atomic mass is 10.0. The third-order valence-corrected chi connectivity index (χ3v) is 5.42. The number of rotatable bonds is 6. The van der Waals surface area contributed by atoms with Crippen molar-refractivity contribution in [3.63, 3.8) is 0 Å². The molecule has 1 amide bonds. The second kappa shape index (κ2) is 8.33. The number of carbonyl (C=O) groups excluding carboxylic acids is 1. The first-order chi connectivity index (χ1) is 14.0. The largest absolute Gasteiger partial charge is 0.378 e. The molecule has 0 spiro atoms. The van der Waals surface area contributed by atoms with Gasteiger partial charge in [-0.05, 0) is 46.1 Å². The molecule has 0 aliphatic carbocycles. The van der Waals surface area contributed by atoms with Crippen LogP contribution < -0.4 is 5.32 Å². The number of benzene rings is 1. The van der Waals surface area contributed by atoms with Gasteiger partial charge in [0.2, 0.25) is 0 Å². The van der Waals surface area contributed by atoms with Crippen LogP contribution in [-0.2, 0) is 4.74 Å². The van der Waals surface area contributed by atoms with Gasteiger partial charge in [0.05, 0.1) is 28.9 Å². The van der Waals surface area contributed by atoms with Gasteiger partial charge < -0.3 is 10.1 Å². The summed E-state index contributed by atoms with van der Waals surface area (Å²) < 4.78 is 7.52. The van der Waals surface area contributed by atoms with E-state index < -0.39 is 0 Å². The molecular weight excluding hydrogens is 364 g/mol.